The quantitative estimate of drug-likeness (QED) is 0.390. The van der Waals surface area contributed by atoms with Crippen molar-refractivity contribution < 1.29 is 18.6 Å². The molecule has 0 N–H and O–H groups in total. The molecule has 5 heteroatoms. The van der Waals surface area contributed by atoms with E-state index in [4.69, 9.17) is 9.26 Å². The summed E-state index contributed by atoms with van der Waals surface area (Å²) in [6.45, 7) is 7.71. The van der Waals surface area contributed by atoms with Crippen molar-refractivity contribution in [3.8, 4) is 11.5 Å². The molecule has 1 aromatic carbocycles. The third-order valence-electron chi connectivity index (χ3n) is 2.87. The fraction of sp³-hybridized carbons (Fsp3) is 0.562. The maximum absolute atomic E-state index is 11.9. The molecule has 118 valence electrons. The van der Waals surface area contributed by atoms with Crippen molar-refractivity contribution in [2.45, 2.75) is 33.1 Å². The van der Waals surface area contributed by atoms with Crippen LogP contribution in [0.25, 0.3) is 0 Å². The molecule has 4 nitrogen and oxygen atoms in total. The van der Waals surface area contributed by atoms with E-state index in [-0.39, 0.29) is 5.92 Å². The van der Waals surface area contributed by atoms with Gasteiger partial charge in [-0.3, -0.25) is 4.57 Å². The van der Waals surface area contributed by atoms with E-state index in [0.717, 1.165) is 24.7 Å². The van der Waals surface area contributed by atoms with Gasteiger partial charge in [0.1, 0.15) is 6.29 Å². The first-order valence-electron chi connectivity index (χ1n) is 7.31. The number of aldehydes is 1. The number of rotatable bonds is 9. The third kappa shape index (κ3) is 6.81. The zero-order valence-corrected chi connectivity index (χ0v) is 14.2. The minimum Gasteiger partial charge on any atom is -0.490 e. The number of carbonyl (C=O) groups is 1. The van der Waals surface area contributed by atoms with E-state index >= 15 is 0 Å². The average molecular weight is 312 g/mol. The lowest BCUT2D eigenvalue weighted by molar-refractivity contribution is -0.110. The smallest absolute Gasteiger partial charge is 0.242 e. The predicted octanol–water partition coefficient (Wildman–Crippen LogP) is 4.16. The molecule has 0 spiro atoms. The van der Waals surface area contributed by atoms with Gasteiger partial charge in [-0.05, 0) is 30.5 Å². The SMILES string of the molecule is CCCCOc1cc(CC(C)C=O)ccc1OP(C)(C)=O. The Morgan fingerprint density at radius 3 is 2.57 bits per heavy atom. The standard InChI is InChI=1S/C16H25O4P/c1-5-6-9-19-16-11-14(10-13(2)12-17)7-8-15(16)20-21(3,4)18/h7-8,11-13H,5-6,9-10H2,1-4H3. The Morgan fingerprint density at radius 2 is 2.00 bits per heavy atom. The summed E-state index contributed by atoms with van der Waals surface area (Å²) in [7, 11) is -2.64. The summed E-state index contributed by atoms with van der Waals surface area (Å²) in [6, 6.07) is 5.53. The number of ether oxygens (including phenoxy) is 1. The highest BCUT2D eigenvalue weighted by Gasteiger charge is 2.15. The molecule has 1 aromatic rings. The summed E-state index contributed by atoms with van der Waals surface area (Å²) in [6.07, 6.45) is 3.58. The first kappa shape index (κ1) is 17.8. The van der Waals surface area contributed by atoms with Gasteiger partial charge in [0.15, 0.2) is 11.5 Å². The minimum absolute atomic E-state index is 0.0382. The fourth-order valence-electron chi connectivity index (χ4n) is 1.85. The molecular formula is C16H25O4P. The minimum atomic E-state index is -2.64. The molecular weight excluding hydrogens is 287 g/mol. The number of unbranched alkanes of at least 4 members (excludes halogenated alkanes) is 1. The second kappa shape index (κ2) is 8.23. The molecule has 0 bridgehead atoms. The van der Waals surface area contributed by atoms with Crippen LogP contribution in [0.5, 0.6) is 11.5 Å². The lowest BCUT2D eigenvalue weighted by Crippen LogP contribution is -2.03. The van der Waals surface area contributed by atoms with E-state index in [1.54, 1.807) is 19.4 Å². The molecule has 1 unspecified atom stereocenters. The van der Waals surface area contributed by atoms with Crippen molar-refractivity contribution in [2.75, 3.05) is 19.9 Å². The van der Waals surface area contributed by atoms with E-state index in [1.807, 2.05) is 19.1 Å². The van der Waals surface area contributed by atoms with Crippen LogP contribution >= 0.6 is 7.37 Å². The summed E-state index contributed by atoms with van der Waals surface area (Å²) in [5.41, 5.74) is 1.01. The van der Waals surface area contributed by atoms with Gasteiger partial charge in [-0.25, -0.2) is 0 Å². The maximum atomic E-state index is 11.9. The van der Waals surface area contributed by atoms with Crippen LogP contribution < -0.4 is 9.26 Å². The predicted molar refractivity (Wildman–Crippen MR) is 85.9 cm³/mol. The molecule has 0 amide bonds. The number of carbonyl (C=O) groups excluding carboxylic acids is 1. The zero-order chi connectivity index (χ0) is 15.9. The first-order chi connectivity index (χ1) is 9.85. The van der Waals surface area contributed by atoms with Crippen molar-refractivity contribution in [3.05, 3.63) is 23.8 Å². The Kier molecular flexibility index (Phi) is 6.97. The van der Waals surface area contributed by atoms with Crippen LogP contribution in [0.15, 0.2) is 18.2 Å². The second-order valence-corrected chi connectivity index (χ2v) is 8.33. The molecule has 0 saturated carbocycles. The fourth-order valence-corrected chi connectivity index (χ4v) is 2.48. The summed E-state index contributed by atoms with van der Waals surface area (Å²) in [5, 5.41) is 0. The van der Waals surface area contributed by atoms with E-state index < -0.39 is 7.37 Å². The molecule has 1 rings (SSSR count). The number of hydrogen-bond acceptors (Lipinski definition) is 4. The molecule has 21 heavy (non-hydrogen) atoms. The molecule has 0 radical (unpaired) electrons. The van der Waals surface area contributed by atoms with E-state index in [9.17, 15) is 9.36 Å². The molecule has 0 aromatic heterocycles. The van der Waals surface area contributed by atoms with Crippen LogP contribution in [0.2, 0.25) is 0 Å². The largest absolute Gasteiger partial charge is 0.490 e. The molecule has 0 saturated heterocycles. The van der Waals surface area contributed by atoms with Gasteiger partial charge >= 0.3 is 0 Å². The Balaban J connectivity index is 2.95. The molecule has 0 aliphatic rings. The Labute approximate surface area is 127 Å². The van der Waals surface area contributed by atoms with Gasteiger partial charge in [-0.15, -0.1) is 0 Å². The van der Waals surface area contributed by atoms with Crippen molar-refractivity contribution in [1.29, 1.82) is 0 Å². The van der Waals surface area contributed by atoms with E-state index in [0.29, 0.717) is 24.5 Å². The summed E-state index contributed by atoms with van der Waals surface area (Å²) in [5.74, 6) is 1.06. The normalized spacial score (nSPS) is 12.8. The van der Waals surface area contributed by atoms with Gasteiger partial charge in [0.25, 0.3) is 0 Å². The molecule has 0 aliphatic carbocycles. The van der Waals surface area contributed by atoms with Crippen LogP contribution in [-0.2, 0) is 15.8 Å². The monoisotopic (exact) mass is 312 g/mol. The first-order valence-corrected chi connectivity index (χ1v) is 9.83. The van der Waals surface area contributed by atoms with Crippen molar-refractivity contribution >= 4 is 13.7 Å². The molecule has 0 aliphatic heterocycles. The molecule has 1 atom stereocenters. The van der Waals surface area contributed by atoms with Gasteiger partial charge in [0.2, 0.25) is 7.37 Å². The van der Waals surface area contributed by atoms with Gasteiger partial charge in [-0.2, -0.15) is 0 Å². The topological polar surface area (TPSA) is 52.6 Å². The highest BCUT2D eigenvalue weighted by atomic mass is 31.2. The maximum Gasteiger partial charge on any atom is 0.242 e. The Hall–Kier alpha value is -1.28. The Bertz CT molecular complexity index is 507. The molecule has 0 fully saturated rings. The highest BCUT2D eigenvalue weighted by Crippen LogP contribution is 2.43. The zero-order valence-electron chi connectivity index (χ0n) is 13.3. The van der Waals surface area contributed by atoms with Gasteiger partial charge in [0.05, 0.1) is 6.61 Å². The Morgan fingerprint density at radius 1 is 1.29 bits per heavy atom. The third-order valence-corrected chi connectivity index (χ3v) is 3.51. The van der Waals surface area contributed by atoms with Crippen molar-refractivity contribution in [2.24, 2.45) is 5.92 Å². The summed E-state index contributed by atoms with van der Waals surface area (Å²) in [4.78, 5) is 10.8. The van der Waals surface area contributed by atoms with Crippen LogP contribution in [0.4, 0.5) is 0 Å². The number of hydrogen-bond donors (Lipinski definition) is 0. The van der Waals surface area contributed by atoms with Gasteiger partial charge < -0.3 is 14.1 Å². The van der Waals surface area contributed by atoms with Crippen LogP contribution in [-0.4, -0.2) is 26.2 Å². The number of benzene rings is 1. The lowest BCUT2D eigenvalue weighted by Gasteiger charge is -2.16. The van der Waals surface area contributed by atoms with E-state index in [1.165, 1.54) is 0 Å². The van der Waals surface area contributed by atoms with Crippen molar-refractivity contribution in [3.63, 3.8) is 0 Å². The molecule has 0 heterocycles. The second-order valence-electron chi connectivity index (χ2n) is 5.64. The van der Waals surface area contributed by atoms with Crippen molar-refractivity contribution in [1.82, 2.24) is 0 Å². The summed E-state index contributed by atoms with van der Waals surface area (Å²) >= 11 is 0. The van der Waals surface area contributed by atoms with Crippen LogP contribution in [0, 0.1) is 5.92 Å². The van der Waals surface area contributed by atoms with Crippen LogP contribution in [0.3, 0.4) is 0 Å². The van der Waals surface area contributed by atoms with E-state index in [2.05, 4.69) is 6.92 Å². The highest BCUT2D eigenvalue weighted by molar-refractivity contribution is 7.57. The summed E-state index contributed by atoms with van der Waals surface area (Å²) < 4.78 is 23.1. The van der Waals surface area contributed by atoms with Gasteiger partial charge in [-0.1, -0.05) is 26.3 Å². The average Bonchev–Trinajstić information content (AvgIpc) is 2.40. The van der Waals surface area contributed by atoms with Crippen LogP contribution in [0.1, 0.15) is 32.3 Å². The lowest BCUT2D eigenvalue weighted by atomic mass is 10.0. The van der Waals surface area contributed by atoms with Gasteiger partial charge in [0, 0.05) is 19.2 Å².